The average molecular weight is 401 g/mol. The maximum atomic E-state index is 12.4. The molecule has 0 saturated carbocycles. The van der Waals surface area contributed by atoms with Gasteiger partial charge in [-0.3, -0.25) is 4.79 Å². The van der Waals surface area contributed by atoms with Gasteiger partial charge in [-0.25, -0.2) is 13.1 Å². The lowest BCUT2D eigenvalue weighted by Gasteiger charge is -2.09. The van der Waals surface area contributed by atoms with Gasteiger partial charge in [-0.1, -0.05) is 6.07 Å². The quantitative estimate of drug-likeness (QED) is 0.469. The van der Waals surface area contributed by atoms with Crippen LogP contribution >= 0.6 is 0 Å². The fraction of sp³-hybridized carbons (Fsp3) is 0.167. The predicted molar refractivity (Wildman–Crippen MR) is 105 cm³/mol. The maximum Gasteiger partial charge on any atom is 0.248 e. The number of fused-ring (bicyclic) bond motifs is 1. The number of primary amides is 1. The van der Waals surface area contributed by atoms with Crippen molar-refractivity contribution in [3.8, 4) is 5.88 Å². The Labute approximate surface area is 161 Å². The number of H-pyrrole nitrogens is 1. The number of aromatic amines is 1. The van der Waals surface area contributed by atoms with Gasteiger partial charge in [0.05, 0.1) is 16.1 Å². The van der Waals surface area contributed by atoms with E-state index in [0.717, 1.165) is 0 Å². The highest BCUT2D eigenvalue weighted by Gasteiger charge is 2.18. The van der Waals surface area contributed by atoms with E-state index in [4.69, 9.17) is 5.73 Å². The number of sulfonamides is 1. The lowest BCUT2D eigenvalue weighted by molar-refractivity contribution is 0.100. The van der Waals surface area contributed by atoms with Gasteiger partial charge in [-0.2, -0.15) is 5.11 Å². The van der Waals surface area contributed by atoms with Crippen molar-refractivity contribution in [2.45, 2.75) is 24.8 Å². The summed E-state index contributed by atoms with van der Waals surface area (Å²) in [6.45, 7) is 3.44. The smallest absolute Gasteiger partial charge is 0.248 e. The van der Waals surface area contributed by atoms with Crippen molar-refractivity contribution >= 4 is 38.2 Å². The Morgan fingerprint density at radius 2 is 1.93 bits per heavy atom. The van der Waals surface area contributed by atoms with E-state index < -0.39 is 15.9 Å². The second-order valence-corrected chi connectivity index (χ2v) is 8.13. The Balaban J connectivity index is 2.04. The van der Waals surface area contributed by atoms with Crippen LogP contribution in [0.2, 0.25) is 0 Å². The van der Waals surface area contributed by atoms with Crippen molar-refractivity contribution in [1.29, 1.82) is 0 Å². The Bertz CT molecular complexity index is 1180. The minimum absolute atomic E-state index is 0.0416. The first-order chi connectivity index (χ1) is 13.2. The molecule has 0 bridgehead atoms. The third-order valence-corrected chi connectivity index (χ3v) is 5.48. The fourth-order valence-electron chi connectivity index (χ4n) is 2.62. The monoisotopic (exact) mass is 401 g/mol. The van der Waals surface area contributed by atoms with Crippen LogP contribution in [0.4, 0.5) is 11.4 Å². The van der Waals surface area contributed by atoms with Crippen LogP contribution < -0.4 is 10.5 Å². The summed E-state index contributed by atoms with van der Waals surface area (Å²) in [6, 6.07) is 10.3. The van der Waals surface area contributed by atoms with E-state index in [2.05, 4.69) is 19.9 Å². The van der Waals surface area contributed by atoms with E-state index in [9.17, 15) is 18.3 Å². The van der Waals surface area contributed by atoms with Crippen molar-refractivity contribution < 1.29 is 18.3 Å². The van der Waals surface area contributed by atoms with Gasteiger partial charge >= 0.3 is 0 Å². The van der Waals surface area contributed by atoms with Crippen LogP contribution in [0.25, 0.3) is 10.9 Å². The minimum atomic E-state index is -3.71. The number of carbonyl (C=O) groups excluding carboxylic acids is 1. The van der Waals surface area contributed by atoms with Gasteiger partial charge in [0.1, 0.15) is 0 Å². The van der Waals surface area contributed by atoms with E-state index >= 15 is 0 Å². The molecule has 5 N–H and O–H groups in total. The number of hydrogen-bond donors (Lipinski definition) is 4. The lowest BCUT2D eigenvalue weighted by Crippen LogP contribution is -2.30. The summed E-state index contributed by atoms with van der Waals surface area (Å²) >= 11 is 0. The van der Waals surface area contributed by atoms with Crippen LogP contribution in [0.5, 0.6) is 5.88 Å². The number of amides is 1. The number of nitrogens with two attached hydrogens (primary N) is 1. The van der Waals surface area contributed by atoms with E-state index in [1.54, 1.807) is 32.0 Å². The summed E-state index contributed by atoms with van der Waals surface area (Å²) in [4.78, 5) is 14.0. The zero-order chi connectivity index (χ0) is 20.5. The number of nitrogens with one attached hydrogen (secondary N) is 2. The Kier molecular flexibility index (Phi) is 5.16. The largest absolute Gasteiger partial charge is 0.493 e. The van der Waals surface area contributed by atoms with Crippen LogP contribution in [0.15, 0.2) is 57.6 Å². The standard InChI is InChI=1S/C18H19N5O4S/c1-10(2)23-28(26,27)13-6-7-15-14(9-13)16(18(25)20-15)22-21-12-5-3-4-11(8-12)17(19)24/h3-10,20,23,25H,1-2H3,(H2,19,24). The molecule has 0 aliphatic heterocycles. The molecule has 146 valence electrons. The zero-order valence-corrected chi connectivity index (χ0v) is 16.0. The Hall–Kier alpha value is -3.24. The molecule has 28 heavy (non-hydrogen) atoms. The molecule has 9 nitrogen and oxygen atoms in total. The molecule has 10 heteroatoms. The van der Waals surface area contributed by atoms with Gasteiger partial charge in [0, 0.05) is 17.0 Å². The first kappa shape index (κ1) is 19.5. The SMILES string of the molecule is CC(C)NS(=O)(=O)c1ccc2[nH]c(O)c(N=Nc3cccc(C(N)=O)c3)c2c1. The number of rotatable bonds is 6. The van der Waals surface area contributed by atoms with Gasteiger partial charge in [0.2, 0.25) is 21.8 Å². The van der Waals surface area contributed by atoms with Crippen LogP contribution in [0.3, 0.4) is 0 Å². The molecule has 0 aliphatic rings. The number of carbonyl (C=O) groups is 1. The molecular weight excluding hydrogens is 382 g/mol. The molecule has 2 aromatic carbocycles. The number of benzene rings is 2. The van der Waals surface area contributed by atoms with Crippen molar-refractivity contribution in [2.75, 3.05) is 0 Å². The van der Waals surface area contributed by atoms with E-state index in [-0.39, 0.29) is 28.1 Å². The summed E-state index contributed by atoms with van der Waals surface area (Å²) < 4.78 is 27.3. The molecule has 3 aromatic rings. The molecule has 1 heterocycles. The van der Waals surface area contributed by atoms with Gasteiger partial charge in [-0.05, 0) is 50.2 Å². The summed E-state index contributed by atoms with van der Waals surface area (Å²) in [5.41, 5.74) is 6.46. The molecule has 0 saturated heterocycles. The van der Waals surface area contributed by atoms with Gasteiger partial charge < -0.3 is 15.8 Å². The third-order valence-electron chi connectivity index (χ3n) is 3.82. The van der Waals surface area contributed by atoms with Gasteiger partial charge in [0.25, 0.3) is 0 Å². The number of azo groups is 1. The van der Waals surface area contributed by atoms with E-state index in [1.165, 1.54) is 24.3 Å². The van der Waals surface area contributed by atoms with Crippen LogP contribution in [0, 0.1) is 0 Å². The van der Waals surface area contributed by atoms with Crippen molar-refractivity contribution in [1.82, 2.24) is 9.71 Å². The van der Waals surface area contributed by atoms with Gasteiger partial charge in [-0.15, -0.1) is 5.11 Å². The van der Waals surface area contributed by atoms with Crippen LogP contribution in [-0.4, -0.2) is 30.5 Å². The normalized spacial score (nSPS) is 12.2. The van der Waals surface area contributed by atoms with Crippen molar-refractivity contribution in [3.63, 3.8) is 0 Å². The minimum Gasteiger partial charge on any atom is -0.493 e. The molecule has 0 atom stereocenters. The third kappa shape index (κ3) is 4.02. The number of aromatic hydroxyl groups is 1. The molecule has 1 aromatic heterocycles. The summed E-state index contributed by atoms with van der Waals surface area (Å²) in [7, 11) is -3.71. The molecule has 0 unspecified atom stereocenters. The zero-order valence-electron chi connectivity index (χ0n) is 15.2. The molecule has 0 fully saturated rings. The fourth-order valence-corrected chi connectivity index (χ4v) is 3.90. The van der Waals surface area contributed by atoms with E-state index in [0.29, 0.717) is 16.6 Å². The van der Waals surface area contributed by atoms with Crippen molar-refractivity contribution in [2.24, 2.45) is 16.0 Å². The predicted octanol–water partition coefficient (Wildman–Crippen LogP) is 3.07. The first-order valence-electron chi connectivity index (χ1n) is 8.36. The second-order valence-electron chi connectivity index (χ2n) is 6.42. The van der Waals surface area contributed by atoms with Gasteiger partial charge in [0.15, 0.2) is 5.69 Å². The average Bonchev–Trinajstić information content (AvgIpc) is 2.93. The van der Waals surface area contributed by atoms with Crippen molar-refractivity contribution in [3.05, 3.63) is 48.0 Å². The second kappa shape index (κ2) is 7.41. The Morgan fingerprint density at radius 3 is 2.61 bits per heavy atom. The molecule has 3 rings (SSSR count). The topological polar surface area (TPSA) is 150 Å². The maximum absolute atomic E-state index is 12.4. The highest BCUT2D eigenvalue weighted by molar-refractivity contribution is 7.89. The lowest BCUT2D eigenvalue weighted by atomic mass is 10.2. The van der Waals surface area contributed by atoms with E-state index in [1.807, 2.05) is 0 Å². The number of aromatic nitrogens is 1. The summed E-state index contributed by atoms with van der Waals surface area (Å²) in [5, 5.41) is 18.6. The number of nitrogens with zero attached hydrogens (tertiary/aromatic N) is 2. The molecule has 0 aliphatic carbocycles. The first-order valence-corrected chi connectivity index (χ1v) is 9.84. The highest BCUT2D eigenvalue weighted by Crippen LogP contribution is 2.37. The molecule has 0 spiro atoms. The molecule has 1 amide bonds. The summed E-state index contributed by atoms with van der Waals surface area (Å²) in [6.07, 6.45) is 0. The highest BCUT2D eigenvalue weighted by atomic mass is 32.2. The molecular formula is C18H19N5O4S. The van der Waals surface area contributed by atoms with Crippen LogP contribution in [-0.2, 0) is 10.0 Å². The number of hydrogen-bond acceptors (Lipinski definition) is 6. The summed E-state index contributed by atoms with van der Waals surface area (Å²) in [5.74, 6) is -0.851. The van der Waals surface area contributed by atoms with Crippen LogP contribution in [0.1, 0.15) is 24.2 Å². The Morgan fingerprint density at radius 1 is 1.18 bits per heavy atom. The molecule has 0 radical (unpaired) electrons.